The minimum absolute atomic E-state index is 0.788. The van der Waals surface area contributed by atoms with Crippen molar-refractivity contribution in [3.05, 3.63) is 54.6 Å². The molecule has 4 aromatic rings. The van der Waals surface area contributed by atoms with Crippen LogP contribution in [0.4, 0.5) is 0 Å². The van der Waals surface area contributed by atoms with Crippen LogP contribution >= 0.6 is 0 Å². The maximum atomic E-state index is 5.30. The molecule has 0 N–H and O–H groups in total. The van der Waals surface area contributed by atoms with Crippen LogP contribution in [0.25, 0.3) is 33.4 Å². The summed E-state index contributed by atoms with van der Waals surface area (Å²) in [6.07, 6.45) is 3.47. The van der Waals surface area contributed by atoms with Crippen molar-refractivity contribution in [3.8, 4) is 11.3 Å². The van der Waals surface area contributed by atoms with Crippen molar-refractivity contribution < 1.29 is 4.42 Å². The minimum Gasteiger partial charge on any atom is -0.463 e. The van der Waals surface area contributed by atoms with Crippen LogP contribution in [0.1, 0.15) is 5.69 Å². The lowest BCUT2D eigenvalue weighted by atomic mass is 10.1. The molecule has 0 saturated carbocycles. The van der Waals surface area contributed by atoms with Crippen LogP contribution in [-0.4, -0.2) is 15.0 Å². The predicted molar refractivity (Wildman–Crippen MR) is 77.3 cm³/mol. The van der Waals surface area contributed by atoms with Gasteiger partial charge >= 0.3 is 0 Å². The van der Waals surface area contributed by atoms with Crippen LogP contribution in [0.3, 0.4) is 0 Å². The molecule has 0 fully saturated rings. The first-order chi connectivity index (χ1) is 9.79. The molecule has 0 aliphatic carbocycles. The van der Waals surface area contributed by atoms with Gasteiger partial charge < -0.3 is 4.42 Å². The van der Waals surface area contributed by atoms with E-state index in [4.69, 9.17) is 4.42 Å². The fourth-order valence-corrected chi connectivity index (χ4v) is 2.26. The van der Waals surface area contributed by atoms with E-state index in [2.05, 4.69) is 15.0 Å². The molecule has 0 radical (unpaired) electrons. The van der Waals surface area contributed by atoms with Crippen LogP contribution in [0.2, 0.25) is 0 Å². The summed E-state index contributed by atoms with van der Waals surface area (Å²) >= 11 is 0. The van der Waals surface area contributed by atoms with Crippen molar-refractivity contribution >= 4 is 22.1 Å². The van der Waals surface area contributed by atoms with Gasteiger partial charge in [-0.15, -0.1) is 0 Å². The van der Waals surface area contributed by atoms with Crippen LogP contribution in [0.15, 0.2) is 53.3 Å². The largest absolute Gasteiger partial charge is 0.463 e. The Morgan fingerprint density at radius 2 is 1.85 bits per heavy atom. The van der Waals surface area contributed by atoms with Gasteiger partial charge in [0.2, 0.25) is 0 Å². The lowest BCUT2D eigenvalue weighted by Gasteiger charge is -2.03. The number of aryl methyl sites for hydroxylation is 1. The molecule has 0 aliphatic heterocycles. The zero-order chi connectivity index (χ0) is 13.5. The number of furan rings is 1. The maximum absolute atomic E-state index is 5.30. The topological polar surface area (TPSA) is 51.8 Å². The third-order valence-corrected chi connectivity index (χ3v) is 3.28. The van der Waals surface area contributed by atoms with Gasteiger partial charge in [-0.25, -0.2) is 4.98 Å². The van der Waals surface area contributed by atoms with Crippen molar-refractivity contribution in [1.82, 2.24) is 15.0 Å². The highest BCUT2D eigenvalue weighted by Crippen LogP contribution is 2.23. The number of nitrogens with zero attached hydrogens (tertiary/aromatic N) is 3. The zero-order valence-corrected chi connectivity index (χ0v) is 10.9. The van der Waals surface area contributed by atoms with E-state index in [9.17, 15) is 0 Å². The smallest absolute Gasteiger partial charge is 0.152 e. The number of fused-ring (bicyclic) bond motifs is 2. The molecule has 4 heteroatoms. The molecule has 0 saturated heterocycles. The number of hydrogen-bond donors (Lipinski definition) is 0. The highest BCUT2D eigenvalue weighted by molar-refractivity contribution is 5.81. The molecule has 0 atom stereocenters. The quantitative estimate of drug-likeness (QED) is 0.523. The van der Waals surface area contributed by atoms with Gasteiger partial charge in [-0.05, 0) is 37.3 Å². The Hall–Kier alpha value is -2.75. The average molecular weight is 261 g/mol. The van der Waals surface area contributed by atoms with Crippen molar-refractivity contribution in [2.75, 3.05) is 0 Å². The van der Waals surface area contributed by atoms with E-state index in [1.165, 1.54) is 0 Å². The number of pyridine rings is 3. The Balaban J connectivity index is 1.91. The summed E-state index contributed by atoms with van der Waals surface area (Å²) in [6.45, 7) is 1.97. The predicted octanol–water partition coefficient (Wildman–Crippen LogP) is 3.75. The molecular formula is C16H11N3O. The molecule has 0 aliphatic rings. The van der Waals surface area contributed by atoms with E-state index in [0.717, 1.165) is 39.1 Å². The van der Waals surface area contributed by atoms with Gasteiger partial charge in [-0.1, -0.05) is 0 Å². The Labute approximate surface area is 115 Å². The SMILES string of the molecule is Cc1ccc2ncc(-c3ccc4occc4n3)cc2n1. The molecule has 4 rings (SSSR count). The number of aromatic nitrogens is 3. The highest BCUT2D eigenvalue weighted by atomic mass is 16.3. The van der Waals surface area contributed by atoms with E-state index >= 15 is 0 Å². The second-order valence-electron chi connectivity index (χ2n) is 4.72. The first-order valence-corrected chi connectivity index (χ1v) is 6.38. The van der Waals surface area contributed by atoms with Gasteiger partial charge in [0.1, 0.15) is 5.52 Å². The fraction of sp³-hybridized carbons (Fsp3) is 0.0625. The average Bonchev–Trinajstić information content (AvgIpc) is 2.93. The Morgan fingerprint density at radius 3 is 2.80 bits per heavy atom. The minimum atomic E-state index is 0.788. The first-order valence-electron chi connectivity index (χ1n) is 6.38. The second-order valence-corrected chi connectivity index (χ2v) is 4.72. The van der Waals surface area contributed by atoms with Gasteiger partial charge in [-0.3, -0.25) is 9.97 Å². The van der Waals surface area contributed by atoms with Gasteiger partial charge in [0.25, 0.3) is 0 Å². The summed E-state index contributed by atoms with van der Waals surface area (Å²) in [7, 11) is 0. The van der Waals surface area contributed by atoms with E-state index in [1.54, 1.807) is 6.26 Å². The zero-order valence-electron chi connectivity index (χ0n) is 10.9. The molecule has 4 aromatic heterocycles. The Morgan fingerprint density at radius 1 is 0.900 bits per heavy atom. The molecular weight excluding hydrogens is 250 g/mol. The lowest BCUT2D eigenvalue weighted by molar-refractivity contribution is 0.615. The van der Waals surface area contributed by atoms with E-state index in [-0.39, 0.29) is 0 Å². The fourth-order valence-electron chi connectivity index (χ4n) is 2.26. The molecule has 0 aromatic carbocycles. The Kier molecular flexibility index (Phi) is 2.29. The third kappa shape index (κ3) is 1.73. The van der Waals surface area contributed by atoms with Crippen molar-refractivity contribution in [2.24, 2.45) is 0 Å². The van der Waals surface area contributed by atoms with Gasteiger partial charge in [-0.2, -0.15) is 0 Å². The summed E-state index contributed by atoms with van der Waals surface area (Å²) in [5.41, 5.74) is 6.22. The van der Waals surface area contributed by atoms with Gasteiger partial charge in [0, 0.05) is 23.5 Å². The summed E-state index contributed by atoms with van der Waals surface area (Å²) in [5, 5.41) is 0. The molecule has 0 amide bonds. The normalized spacial score (nSPS) is 11.2. The first kappa shape index (κ1) is 11.1. The molecule has 20 heavy (non-hydrogen) atoms. The van der Waals surface area contributed by atoms with Crippen LogP contribution < -0.4 is 0 Å². The summed E-state index contributed by atoms with van der Waals surface area (Å²) in [5.74, 6) is 0. The summed E-state index contributed by atoms with van der Waals surface area (Å²) in [4.78, 5) is 13.5. The molecule has 0 unspecified atom stereocenters. The van der Waals surface area contributed by atoms with Crippen molar-refractivity contribution in [1.29, 1.82) is 0 Å². The van der Waals surface area contributed by atoms with Crippen LogP contribution in [0.5, 0.6) is 0 Å². The number of hydrogen-bond acceptors (Lipinski definition) is 4. The molecule has 4 heterocycles. The summed E-state index contributed by atoms with van der Waals surface area (Å²) in [6, 6.07) is 11.7. The summed E-state index contributed by atoms with van der Waals surface area (Å²) < 4.78 is 5.30. The van der Waals surface area contributed by atoms with Crippen LogP contribution in [0, 0.1) is 6.92 Å². The highest BCUT2D eigenvalue weighted by Gasteiger charge is 2.06. The third-order valence-electron chi connectivity index (χ3n) is 3.28. The van der Waals surface area contributed by atoms with Crippen LogP contribution in [-0.2, 0) is 0 Å². The Bertz CT molecular complexity index is 927. The van der Waals surface area contributed by atoms with Crippen molar-refractivity contribution in [2.45, 2.75) is 6.92 Å². The standard InChI is InChI=1S/C16H11N3O/c1-10-2-3-13-15(18-10)8-11(9-17-13)12-4-5-16-14(19-12)6-7-20-16/h2-9H,1H3. The lowest BCUT2D eigenvalue weighted by Crippen LogP contribution is -1.89. The molecule has 0 bridgehead atoms. The van der Waals surface area contributed by atoms with Crippen molar-refractivity contribution in [3.63, 3.8) is 0 Å². The molecule has 96 valence electrons. The van der Waals surface area contributed by atoms with E-state index in [1.807, 2.05) is 49.5 Å². The second kappa shape index (κ2) is 4.13. The molecule has 4 nitrogen and oxygen atoms in total. The van der Waals surface area contributed by atoms with E-state index in [0.29, 0.717) is 0 Å². The molecule has 0 spiro atoms. The van der Waals surface area contributed by atoms with Gasteiger partial charge in [0.05, 0.1) is 23.0 Å². The van der Waals surface area contributed by atoms with E-state index < -0.39 is 0 Å². The van der Waals surface area contributed by atoms with Gasteiger partial charge in [0.15, 0.2) is 5.58 Å². The number of rotatable bonds is 1. The maximum Gasteiger partial charge on any atom is 0.152 e. The monoisotopic (exact) mass is 261 g/mol.